The van der Waals surface area contributed by atoms with Gasteiger partial charge in [0.25, 0.3) is 0 Å². The van der Waals surface area contributed by atoms with Crippen LogP contribution < -0.4 is 0 Å². The maximum atomic E-state index is 12.7. The average molecular weight is 412 g/mol. The molecule has 0 aromatic heterocycles. The Hall–Kier alpha value is -1.85. The Balaban J connectivity index is 2.65. The van der Waals surface area contributed by atoms with E-state index in [1.165, 1.54) is 7.11 Å². The summed E-state index contributed by atoms with van der Waals surface area (Å²) in [6, 6.07) is 4.89. The molecule has 1 aliphatic rings. The first-order valence-electron chi connectivity index (χ1n) is 8.69. The molecule has 0 heterocycles. The van der Waals surface area contributed by atoms with Crippen molar-refractivity contribution in [2.75, 3.05) is 7.11 Å². The summed E-state index contributed by atoms with van der Waals surface area (Å²) >= 11 is 12.0. The van der Waals surface area contributed by atoms with Crippen LogP contribution in [-0.4, -0.2) is 29.7 Å². The number of halogens is 2. The molecular weight excluding hydrogens is 389 g/mol. The molecular formula is C20H23Cl2NO4. The minimum Gasteiger partial charge on any atom is -0.511 e. The third-order valence-corrected chi connectivity index (χ3v) is 5.32. The Bertz CT molecular complexity index is 827. The maximum Gasteiger partial charge on any atom is 0.316 e. The fourth-order valence-electron chi connectivity index (χ4n) is 3.29. The van der Waals surface area contributed by atoms with Gasteiger partial charge in [0.2, 0.25) is 0 Å². The SMILES string of the molecule is CCCC(=O)C1=C(O)[C@H](C(=O)OC)C(C)(C)CC1=Nc1ccc(Cl)c(Cl)c1. The molecule has 7 heteroatoms. The third kappa shape index (κ3) is 4.53. The summed E-state index contributed by atoms with van der Waals surface area (Å²) in [5.74, 6) is -2.03. The Labute approximate surface area is 169 Å². The van der Waals surface area contributed by atoms with Crippen LogP contribution in [0.5, 0.6) is 0 Å². The summed E-state index contributed by atoms with van der Waals surface area (Å²) in [5, 5.41) is 11.6. The quantitative estimate of drug-likeness (QED) is 0.651. The van der Waals surface area contributed by atoms with Gasteiger partial charge in [-0.05, 0) is 36.5 Å². The summed E-state index contributed by atoms with van der Waals surface area (Å²) in [5.41, 5.74) is 0.357. The number of aliphatic hydroxyl groups excluding tert-OH is 1. The zero-order valence-electron chi connectivity index (χ0n) is 15.8. The van der Waals surface area contributed by atoms with Crippen molar-refractivity contribution in [1.82, 2.24) is 0 Å². The second-order valence-corrected chi connectivity index (χ2v) is 8.03. The van der Waals surface area contributed by atoms with Crippen LogP contribution in [0.15, 0.2) is 34.5 Å². The lowest BCUT2D eigenvalue weighted by Gasteiger charge is -2.37. The lowest BCUT2D eigenvalue weighted by Crippen LogP contribution is -2.41. The standard InChI is InChI=1S/C20H23Cl2NO4/c1-5-6-15(24)16-14(23-11-7-8-12(21)13(22)9-11)10-20(2,3)17(18(16)25)19(26)27-4/h7-9,17,25H,5-6,10H2,1-4H3/t17-/m1/s1. The van der Waals surface area contributed by atoms with Crippen molar-refractivity contribution in [3.63, 3.8) is 0 Å². The van der Waals surface area contributed by atoms with E-state index in [9.17, 15) is 14.7 Å². The number of aliphatic imine (C=N–C) groups is 1. The van der Waals surface area contributed by atoms with Gasteiger partial charge in [-0.2, -0.15) is 0 Å². The average Bonchev–Trinajstić information content (AvgIpc) is 2.57. The molecule has 1 aromatic rings. The van der Waals surface area contributed by atoms with Crippen molar-refractivity contribution >= 4 is 46.4 Å². The second-order valence-electron chi connectivity index (χ2n) is 7.21. The minimum absolute atomic E-state index is 0.0950. The number of rotatable bonds is 5. The smallest absolute Gasteiger partial charge is 0.316 e. The van der Waals surface area contributed by atoms with Gasteiger partial charge in [0.1, 0.15) is 11.7 Å². The highest BCUT2D eigenvalue weighted by atomic mass is 35.5. The Morgan fingerprint density at radius 3 is 2.52 bits per heavy atom. The zero-order valence-corrected chi connectivity index (χ0v) is 17.3. The predicted molar refractivity (Wildman–Crippen MR) is 107 cm³/mol. The molecule has 0 amide bonds. The van der Waals surface area contributed by atoms with Crippen LogP contribution in [0.1, 0.15) is 40.0 Å². The number of Topliss-reactive ketones (excluding diaryl/α,β-unsaturated/α-hetero) is 1. The van der Waals surface area contributed by atoms with Gasteiger partial charge in [-0.15, -0.1) is 0 Å². The summed E-state index contributed by atoms with van der Waals surface area (Å²) < 4.78 is 4.85. The van der Waals surface area contributed by atoms with E-state index in [0.717, 1.165) is 0 Å². The van der Waals surface area contributed by atoms with Gasteiger partial charge in [0.05, 0.1) is 34.1 Å². The summed E-state index contributed by atoms with van der Waals surface area (Å²) in [7, 11) is 1.26. The van der Waals surface area contributed by atoms with E-state index in [0.29, 0.717) is 34.3 Å². The number of benzene rings is 1. The van der Waals surface area contributed by atoms with Crippen LogP contribution in [-0.2, 0) is 14.3 Å². The molecule has 0 bridgehead atoms. The third-order valence-electron chi connectivity index (χ3n) is 4.58. The Morgan fingerprint density at radius 1 is 1.30 bits per heavy atom. The molecule has 0 spiro atoms. The summed E-state index contributed by atoms with van der Waals surface area (Å²) in [6.45, 7) is 5.53. The topological polar surface area (TPSA) is 76.0 Å². The molecule has 5 nitrogen and oxygen atoms in total. The van der Waals surface area contributed by atoms with Crippen molar-refractivity contribution in [1.29, 1.82) is 0 Å². The molecule has 1 aromatic carbocycles. The molecule has 0 radical (unpaired) electrons. The van der Waals surface area contributed by atoms with Crippen LogP contribution in [0, 0.1) is 11.3 Å². The highest BCUT2D eigenvalue weighted by molar-refractivity contribution is 6.42. The fraction of sp³-hybridized carbons (Fsp3) is 0.450. The maximum absolute atomic E-state index is 12.7. The van der Waals surface area contributed by atoms with Crippen molar-refractivity contribution in [2.45, 2.75) is 40.0 Å². The van der Waals surface area contributed by atoms with Gasteiger partial charge >= 0.3 is 5.97 Å². The van der Waals surface area contributed by atoms with Crippen molar-refractivity contribution in [3.8, 4) is 0 Å². The van der Waals surface area contributed by atoms with Crippen LogP contribution in [0.2, 0.25) is 10.0 Å². The Morgan fingerprint density at radius 2 is 1.96 bits per heavy atom. The van der Waals surface area contributed by atoms with Gasteiger partial charge in [-0.25, -0.2) is 0 Å². The number of methoxy groups -OCH3 is 1. The summed E-state index contributed by atoms with van der Waals surface area (Å²) in [6.07, 6.45) is 1.18. The van der Waals surface area contributed by atoms with Crippen LogP contribution in [0.25, 0.3) is 0 Å². The molecule has 1 aliphatic carbocycles. The van der Waals surface area contributed by atoms with E-state index in [1.54, 1.807) is 18.2 Å². The van der Waals surface area contributed by atoms with E-state index in [4.69, 9.17) is 27.9 Å². The fourth-order valence-corrected chi connectivity index (χ4v) is 3.59. The van der Waals surface area contributed by atoms with Crippen molar-refractivity contribution in [3.05, 3.63) is 39.6 Å². The molecule has 0 saturated carbocycles. The number of aliphatic hydroxyl groups is 1. The van der Waals surface area contributed by atoms with E-state index < -0.39 is 17.3 Å². The molecule has 1 N–H and O–H groups in total. The van der Waals surface area contributed by atoms with E-state index in [1.807, 2.05) is 20.8 Å². The van der Waals surface area contributed by atoms with Gasteiger partial charge in [0, 0.05) is 6.42 Å². The second kappa shape index (κ2) is 8.44. The summed E-state index contributed by atoms with van der Waals surface area (Å²) in [4.78, 5) is 29.5. The Kier molecular flexibility index (Phi) is 6.71. The number of nitrogens with zero attached hydrogens (tertiary/aromatic N) is 1. The van der Waals surface area contributed by atoms with Gasteiger partial charge in [0.15, 0.2) is 5.78 Å². The molecule has 0 aliphatic heterocycles. The monoisotopic (exact) mass is 411 g/mol. The number of ether oxygens (including phenoxy) is 1. The van der Waals surface area contributed by atoms with E-state index in [-0.39, 0.29) is 23.5 Å². The van der Waals surface area contributed by atoms with Gasteiger partial charge in [-0.1, -0.05) is 44.0 Å². The largest absolute Gasteiger partial charge is 0.511 e. The number of allylic oxidation sites excluding steroid dienone is 1. The first kappa shape index (κ1) is 21.5. The highest BCUT2D eigenvalue weighted by Gasteiger charge is 2.47. The lowest BCUT2D eigenvalue weighted by atomic mass is 9.67. The first-order valence-corrected chi connectivity index (χ1v) is 9.45. The molecule has 1 atom stereocenters. The lowest BCUT2D eigenvalue weighted by molar-refractivity contribution is -0.149. The number of carbonyl (C=O) groups is 2. The minimum atomic E-state index is -0.925. The van der Waals surface area contributed by atoms with Gasteiger partial charge in [-0.3, -0.25) is 14.6 Å². The van der Waals surface area contributed by atoms with Gasteiger partial charge < -0.3 is 9.84 Å². The highest BCUT2D eigenvalue weighted by Crippen LogP contribution is 2.43. The molecule has 0 unspecified atom stereocenters. The number of hydrogen-bond donors (Lipinski definition) is 1. The number of esters is 1. The zero-order chi connectivity index (χ0) is 20.4. The first-order chi connectivity index (χ1) is 12.6. The predicted octanol–water partition coefficient (Wildman–Crippen LogP) is 5.47. The van der Waals surface area contributed by atoms with E-state index in [2.05, 4.69) is 4.99 Å². The van der Waals surface area contributed by atoms with Crippen molar-refractivity contribution in [2.24, 2.45) is 16.3 Å². The van der Waals surface area contributed by atoms with Crippen LogP contribution in [0.3, 0.4) is 0 Å². The van der Waals surface area contributed by atoms with Crippen LogP contribution in [0.4, 0.5) is 5.69 Å². The normalized spacial score (nSPS) is 20.7. The number of ketones is 1. The molecule has 0 fully saturated rings. The molecule has 2 rings (SSSR count). The number of carbonyl (C=O) groups excluding carboxylic acids is 2. The van der Waals surface area contributed by atoms with E-state index >= 15 is 0 Å². The van der Waals surface area contributed by atoms with Crippen LogP contribution >= 0.6 is 23.2 Å². The van der Waals surface area contributed by atoms with Crippen molar-refractivity contribution < 1.29 is 19.4 Å². The molecule has 27 heavy (non-hydrogen) atoms. The molecule has 146 valence electrons. The number of hydrogen-bond acceptors (Lipinski definition) is 5. The molecule has 0 saturated heterocycles.